The largest absolute Gasteiger partial charge is 0.465 e. The highest BCUT2D eigenvalue weighted by atomic mass is 32.1. The third kappa shape index (κ3) is 2.09. The minimum absolute atomic E-state index is 0.0133. The molecule has 0 radical (unpaired) electrons. The third-order valence-electron chi connectivity index (χ3n) is 2.44. The second-order valence-electron chi connectivity index (χ2n) is 3.70. The number of halogens is 1. The first-order valence-electron chi connectivity index (χ1n) is 5.86. The van der Waals surface area contributed by atoms with Gasteiger partial charge in [-0.25, -0.2) is 14.2 Å². The summed E-state index contributed by atoms with van der Waals surface area (Å²) in [4.78, 5) is 15.5. The Bertz CT molecular complexity index is 838. The Morgan fingerprint density at radius 1 is 1.60 bits per heavy atom. The standard InChI is InChI=1S/C10H8FN5O3S/c1-15-10(17)16(14-13-15)8-6(7(11)5-18-8)4-19-9-12-2-3-20-9/h2-3,5H,4H2,1H3/i2T. The zero-order valence-corrected chi connectivity index (χ0v) is 10.9. The van der Waals surface area contributed by atoms with Crippen molar-refractivity contribution in [2.75, 3.05) is 0 Å². The average molecular weight is 299 g/mol. The van der Waals surface area contributed by atoms with Crippen molar-refractivity contribution < 1.29 is 14.9 Å². The highest BCUT2D eigenvalue weighted by molar-refractivity contribution is 7.11. The molecule has 0 bridgehead atoms. The molecule has 0 atom stereocenters. The van der Waals surface area contributed by atoms with E-state index in [-0.39, 0.29) is 29.4 Å². The van der Waals surface area contributed by atoms with E-state index in [1.807, 2.05) is 0 Å². The predicted molar refractivity (Wildman–Crippen MR) is 65.3 cm³/mol. The maximum atomic E-state index is 13.7. The first-order chi connectivity index (χ1) is 10.1. The van der Waals surface area contributed by atoms with E-state index in [4.69, 9.17) is 10.5 Å². The minimum Gasteiger partial charge on any atom is -0.465 e. The van der Waals surface area contributed by atoms with E-state index in [0.29, 0.717) is 0 Å². The maximum Gasteiger partial charge on any atom is 0.370 e. The number of hydrogen-bond acceptors (Lipinski definition) is 7. The fraction of sp³-hybridized carbons (Fsp3) is 0.200. The molecule has 8 nitrogen and oxygen atoms in total. The number of nitrogens with zero attached hydrogens (tertiary/aromatic N) is 5. The molecule has 3 rings (SSSR count). The van der Waals surface area contributed by atoms with Crippen LogP contribution in [0.1, 0.15) is 6.93 Å². The maximum absolute atomic E-state index is 13.7. The molecule has 0 saturated carbocycles. The Morgan fingerprint density at radius 2 is 2.45 bits per heavy atom. The molecule has 20 heavy (non-hydrogen) atoms. The molecule has 0 aromatic carbocycles. The lowest BCUT2D eigenvalue weighted by atomic mass is 10.3. The summed E-state index contributed by atoms with van der Waals surface area (Å²) in [7, 11) is 1.41. The molecule has 104 valence electrons. The van der Waals surface area contributed by atoms with Gasteiger partial charge in [0.1, 0.15) is 12.9 Å². The van der Waals surface area contributed by atoms with Gasteiger partial charge in [-0.2, -0.15) is 4.68 Å². The Morgan fingerprint density at radius 3 is 3.10 bits per heavy atom. The monoisotopic (exact) mass is 299 g/mol. The van der Waals surface area contributed by atoms with Gasteiger partial charge >= 0.3 is 5.69 Å². The minimum atomic E-state index is -0.676. The lowest BCUT2D eigenvalue weighted by molar-refractivity contribution is 0.297. The number of tetrazole rings is 1. The highest BCUT2D eigenvalue weighted by Gasteiger charge is 2.20. The van der Waals surface area contributed by atoms with Crippen LogP contribution >= 0.6 is 11.3 Å². The second-order valence-corrected chi connectivity index (χ2v) is 4.52. The Hall–Kier alpha value is -2.49. The van der Waals surface area contributed by atoms with Gasteiger partial charge in [-0.3, -0.25) is 0 Å². The van der Waals surface area contributed by atoms with Crippen LogP contribution in [-0.4, -0.2) is 24.8 Å². The number of hydrogen-bond donors (Lipinski definition) is 0. The van der Waals surface area contributed by atoms with Crippen LogP contribution in [-0.2, 0) is 13.7 Å². The normalized spacial score (nSPS) is 11.6. The predicted octanol–water partition coefficient (Wildman–Crippen LogP) is 0.734. The molecule has 0 saturated heterocycles. The van der Waals surface area contributed by atoms with Crippen LogP contribution in [0.3, 0.4) is 0 Å². The van der Waals surface area contributed by atoms with Crippen molar-refractivity contribution >= 4 is 11.3 Å². The summed E-state index contributed by atoms with van der Waals surface area (Å²) >= 11 is 1.11. The number of furan rings is 1. The lowest BCUT2D eigenvalue weighted by Gasteiger charge is -2.02. The molecule has 0 aliphatic carbocycles. The molecule has 0 aliphatic rings. The first kappa shape index (κ1) is 11.3. The van der Waals surface area contributed by atoms with E-state index < -0.39 is 11.5 Å². The first-order valence-corrected chi connectivity index (χ1v) is 6.24. The van der Waals surface area contributed by atoms with Gasteiger partial charge in [0, 0.05) is 18.6 Å². The molecular weight excluding hydrogens is 289 g/mol. The molecule has 3 heterocycles. The molecular formula is C10H8FN5O3S. The SMILES string of the molecule is [3H]c1csc(OCc2c(F)coc2-n2nnn(C)c2=O)n1. The zero-order valence-electron chi connectivity index (χ0n) is 11.1. The fourth-order valence-electron chi connectivity index (χ4n) is 1.48. The van der Waals surface area contributed by atoms with Crippen LogP contribution in [0.15, 0.2) is 27.0 Å². The zero-order chi connectivity index (χ0) is 15.0. The van der Waals surface area contributed by atoms with Crippen molar-refractivity contribution in [2.45, 2.75) is 6.61 Å². The van der Waals surface area contributed by atoms with Crippen LogP contribution in [0.5, 0.6) is 5.19 Å². The van der Waals surface area contributed by atoms with E-state index in [1.54, 1.807) is 0 Å². The smallest absolute Gasteiger partial charge is 0.370 e. The summed E-state index contributed by atoms with van der Waals surface area (Å²) in [6.45, 7) is -0.215. The van der Waals surface area contributed by atoms with Crippen molar-refractivity contribution in [3.05, 3.63) is 39.7 Å². The fourth-order valence-corrected chi connectivity index (χ4v) is 1.92. The highest BCUT2D eigenvalue weighted by Crippen LogP contribution is 2.22. The summed E-state index contributed by atoms with van der Waals surface area (Å²) in [5.41, 5.74) is -0.562. The number of thiazole rings is 1. The summed E-state index contributed by atoms with van der Waals surface area (Å²) in [6, 6.07) is 0. The lowest BCUT2D eigenvalue weighted by Crippen LogP contribution is -2.22. The van der Waals surface area contributed by atoms with Gasteiger partial charge < -0.3 is 9.15 Å². The van der Waals surface area contributed by atoms with Crippen molar-refractivity contribution in [3.8, 4) is 11.1 Å². The van der Waals surface area contributed by atoms with Crippen molar-refractivity contribution in [1.82, 2.24) is 24.8 Å². The van der Waals surface area contributed by atoms with Crippen LogP contribution in [0.4, 0.5) is 4.39 Å². The summed E-state index contributed by atoms with van der Waals surface area (Å²) in [5, 5.41) is 8.80. The molecule has 0 amide bonds. The number of aromatic nitrogens is 5. The molecule has 0 N–H and O–H groups in total. The van der Waals surface area contributed by atoms with Crippen LogP contribution < -0.4 is 10.4 Å². The van der Waals surface area contributed by atoms with E-state index in [2.05, 4.69) is 15.4 Å². The summed E-state index contributed by atoms with van der Waals surface area (Å²) in [5.74, 6) is -0.779. The quantitative estimate of drug-likeness (QED) is 0.706. The average Bonchev–Trinajstić information content (AvgIpc) is 3.11. The van der Waals surface area contributed by atoms with Gasteiger partial charge in [0.05, 0.1) is 6.93 Å². The molecule has 0 fully saturated rings. The summed E-state index contributed by atoms with van der Waals surface area (Å²) in [6.07, 6.45) is 0.917. The van der Waals surface area contributed by atoms with E-state index >= 15 is 0 Å². The number of aryl methyl sites for hydroxylation is 1. The van der Waals surface area contributed by atoms with Gasteiger partial charge in [-0.15, -0.1) is 4.68 Å². The van der Waals surface area contributed by atoms with Gasteiger partial charge in [0.25, 0.3) is 5.19 Å². The van der Waals surface area contributed by atoms with Gasteiger partial charge in [0.15, 0.2) is 5.82 Å². The van der Waals surface area contributed by atoms with E-state index in [9.17, 15) is 9.18 Å². The molecule has 0 aliphatic heterocycles. The molecule has 0 unspecified atom stereocenters. The Balaban J connectivity index is 1.90. The van der Waals surface area contributed by atoms with Gasteiger partial charge in [-0.1, -0.05) is 11.3 Å². The molecule has 3 aromatic rings. The van der Waals surface area contributed by atoms with Crippen LogP contribution in [0.2, 0.25) is 0 Å². The van der Waals surface area contributed by atoms with Gasteiger partial charge in [0.2, 0.25) is 5.88 Å². The molecule has 3 aromatic heterocycles. The number of ether oxygens (including phenoxy) is 1. The van der Waals surface area contributed by atoms with Crippen LogP contribution in [0.25, 0.3) is 5.88 Å². The topological polar surface area (TPSA) is 88.0 Å². The molecule has 10 heteroatoms. The Kier molecular flexibility index (Phi) is 2.77. The van der Waals surface area contributed by atoms with Crippen molar-refractivity contribution in [2.24, 2.45) is 7.05 Å². The second kappa shape index (κ2) is 4.89. The Labute approximate surface area is 116 Å². The van der Waals surface area contributed by atoms with Crippen molar-refractivity contribution in [3.63, 3.8) is 0 Å². The number of rotatable bonds is 4. The summed E-state index contributed by atoms with van der Waals surface area (Å²) < 4.78 is 33.1. The van der Waals surface area contributed by atoms with E-state index in [1.165, 1.54) is 12.4 Å². The van der Waals surface area contributed by atoms with Gasteiger partial charge in [-0.05, 0) is 10.4 Å². The third-order valence-corrected chi connectivity index (χ3v) is 3.08. The van der Waals surface area contributed by atoms with Crippen LogP contribution in [0, 0.1) is 5.82 Å². The van der Waals surface area contributed by atoms with E-state index in [0.717, 1.165) is 27.0 Å². The molecule has 0 spiro atoms. The van der Waals surface area contributed by atoms with Crippen molar-refractivity contribution in [1.29, 1.82) is 0 Å².